The summed E-state index contributed by atoms with van der Waals surface area (Å²) in [6, 6.07) is 3.75. The number of hydrogen-bond donors (Lipinski definition) is 2. The van der Waals surface area contributed by atoms with Crippen LogP contribution in [0.2, 0.25) is 0 Å². The highest BCUT2D eigenvalue weighted by molar-refractivity contribution is 7.10. The number of likely N-dealkylation sites (N-methyl/N-ethyl adjacent to an activating group) is 1. The van der Waals surface area contributed by atoms with Crippen molar-refractivity contribution in [2.24, 2.45) is 5.73 Å². The highest BCUT2D eigenvalue weighted by Crippen LogP contribution is 2.17. The number of rotatable bonds is 4. The second-order valence-electron chi connectivity index (χ2n) is 4.87. The van der Waals surface area contributed by atoms with E-state index in [9.17, 15) is 4.79 Å². The third-order valence-electron chi connectivity index (χ3n) is 3.57. The number of nitrogens with one attached hydrogen (secondary N) is 1. The number of amides is 1. The number of piperidine rings is 1. The predicted octanol–water partition coefficient (Wildman–Crippen LogP) is 1.35. The van der Waals surface area contributed by atoms with Crippen LogP contribution in [0.4, 0.5) is 0 Å². The predicted molar refractivity (Wildman–Crippen MR) is 74.5 cm³/mol. The summed E-state index contributed by atoms with van der Waals surface area (Å²) in [7, 11) is 2.12. The number of hydrogen-bond acceptors (Lipinski definition) is 4. The van der Waals surface area contributed by atoms with Gasteiger partial charge < -0.3 is 16.0 Å². The maximum atomic E-state index is 11.9. The number of thiophene rings is 1. The van der Waals surface area contributed by atoms with Crippen LogP contribution in [-0.2, 0) is 4.79 Å². The van der Waals surface area contributed by atoms with E-state index >= 15 is 0 Å². The number of carbonyl (C=O) groups is 1. The van der Waals surface area contributed by atoms with Crippen LogP contribution in [0.1, 0.15) is 30.2 Å². The average Bonchev–Trinajstić information content (AvgIpc) is 2.90. The Morgan fingerprint density at radius 3 is 3.17 bits per heavy atom. The average molecular weight is 267 g/mol. The van der Waals surface area contributed by atoms with E-state index in [1.165, 1.54) is 24.2 Å². The molecule has 1 amide bonds. The molecule has 0 aliphatic carbocycles. The minimum atomic E-state index is -0.529. The van der Waals surface area contributed by atoms with E-state index in [4.69, 9.17) is 5.73 Å². The lowest BCUT2D eigenvalue weighted by Gasteiger charge is -2.32. The fraction of sp³-hybridized carbons (Fsp3) is 0.615. The fourth-order valence-corrected chi connectivity index (χ4v) is 3.05. The van der Waals surface area contributed by atoms with Gasteiger partial charge in [0, 0.05) is 17.5 Å². The molecule has 1 aliphatic rings. The van der Waals surface area contributed by atoms with E-state index in [2.05, 4.69) is 17.3 Å². The molecular formula is C13H21N3OS. The second kappa shape index (κ2) is 6.31. The zero-order valence-electron chi connectivity index (χ0n) is 10.8. The first-order chi connectivity index (χ1) is 8.68. The number of nitrogens with zero attached hydrogens (tertiary/aromatic N) is 1. The fourth-order valence-electron chi connectivity index (χ4n) is 2.33. The Labute approximate surface area is 112 Å². The van der Waals surface area contributed by atoms with Crippen LogP contribution >= 0.6 is 11.3 Å². The molecule has 2 atom stereocenters. The zero-order valence-corrected chi connectivity index (χ0v) is 11.6. The molecule has 0 radical (unpaired) electrons. The quantitative estimate of drug-likeness (QED) is 0.866. The Kier molecular flexibility index (Phi) is 4.74. The highest BCUT2D eigenvalue weighted by atomic mass is 32.1. The van der Waals surface area contributed by atoms with Gasteiger partial charge in [-0.3, -0.25) is 4.79 Å². The van der Waals surface area contributed by atoms with Crippen LogP contribution in [0.5, 0.6) is 0 Å². The number of likely N-dealkylation sites (tertiary alicyclic amines) is 1. The first-order valence-corrected chi connectivity index (χ1v) is 7.33. The van der Waals surface area contributed by atoms with E-state index in [1.54, 1.807) is 0 Å². The van der Waals surface area contributed by atoms with Gasteiger partial charge in [-0.05, 0) is 37.9 Å². The monoisotopic (exact) mass is 267 g/mol. The molecule has 2 heterocycles. The summed E-state index contributed by atoms with van der Waals surface area (Å²) in [5.41, 5.74) is 5.92. The van der Waals surface area contributed by atoms with Crippen LogP contribution in [0.25, 0.3) is 0 Å². The van der Waals surface area contributed by atoms with Gasteiger partial charge in [0.25, 0.3) is 0 Å². The summed E-state index contributed by atoms with van der Waals surface area (Å²) in [4.78, 5) is 15.2. The first-order valence-electron chi connectivity index (χ1n) is 6.45. The van der Waals surface area contributed by atoms with Gasteiger partial charge in [-0.25, -0.2) is 0 Å². The molecule has 5 heteroatoms. The van der Waals surface area contributed by atoms with Crippen LogP contribution < -0.4 is 11.1 Å². The molecule has 0 saturated carbocycles. The molecule has 2 rings (SSSR count). The number of carbonyl (C=O) groups excluding carboxylic acids is 1. The Hall–Kier alpha value is -0.910. The maximum Gasteiger partial charge on any atom is 0.242 e. The second-order valence-corrected chi connectivity index (χ2v) is 5.85. The summed E-state index contributed by atoms with van der Waals surface area (Å²) in [5, 5.41) is 4.91. The van der Waals surface area contributed by atoms with Crippen molar-refractivity contribution in [3.05, 3.63) is 22.4 Å². The molecule has 1 aromatic rings. The van der Waals surface area contributed by atoms with E-state index in [1.807, 2.05) is 17.5 Å². The van der Waals surface area contributed by atoms with Crippen molar-refractivity contribution in [2.75, 3.05) is 20.1 Å². The normalized spacial score (nSPS) is 22.7. The van der Waals surface area contributed by atoms with Gasteiger partial charge in [-0.2, -0.15) is 0 Å². The van der Waals surface area contributed by atoms with E-state index in [0.29, 0.717) is 12.6 Å². The van der Waals surface area contributed by atoms with E-state index in [-0.39, 0.29) is 5.91 Å². The van der Waals surface area contributed by atoms with Crippen molar-refractivity contribution in [3.8, 4) is 0 Å². The molecule has 0 spiro atoms. The molecule has 4 nitrogen and oxygen atoms in total. The summed E-state index contributed by atoms with van der Waals surface area (Å²) >= 11 is 1.53. The van der Waals surface area contributed by atoms with E-state index < -0.39 is 6.04 Å². The summed E-state index contributed by atoms with van der Waals surface area (Å²) in [6.45, 7) is 1.83. The molecule has 1 fully saturated rings. The van der Waals surface area contributed by atoms with Crippen molar-refractivity contribution < 1.29 is 4.79 Å². The SMILES string of the molecule is CN1CCCCC1CNC(=O)C(N)c1cccs1. The van der Waals surface area contributed by atoms with Crippen molar-refractivity contribution in [1.29, 1.82) is 0 Å². The number of nitrogens with two attached hydrogens (primary N) is 1. The lowest BCUT2D eigenvalue weighted by molar-refractivity contribution is -0.122. The topological polar surface area (TPSA) is 58.4 Å². The lowest BCUT2D eigenvalue weighted by atomic mass is 10.0. The maximum absolute atomic E-state index is 11.9. The van der Waals surface area contributed by atoms with Crippen molar-refractivity contribution in [2.45, 2.75) is 31.3 Å². The minimum absolute atomic E-state index is 0.0728. The largest absolute Gasteiger partial charge is 0.353 e. The van der Waals surface area contributed by atoms with Gasteiger partial charge in [0.2, 0.25) is 5.91 Å². The van der Waals surface area contributed by atoms with Gasteiger partial charge in [-0.1, -0.05) is 12.5 Å². The summed E-state index contributed by atoms with van der Waals surface area (Å²) in [5.74, 6) is -0.0728. The van der Waals surface area contributed by atoms with Gasteiger partial charge in [-0.15, -0.1) is 11.3 Å². The molecule has 2 unspecified atom stereocenters. The van der Waals surface area contributed by atoms with Crippen molar-refractivity contribution in [3.63, 3.8) is 0 Å². The van der Waals surface area contributed by atoms with Crippen molar-refractivity contribution in [1.82, 2.24) is 10.2 Å². The molecule has 18 heavy (non-hydrogen) atoms. The van der Waals surface area contributed by atoms with Gasteiger partial charge >= 0.3 is 0 Å². The van der Waals surface area contributed by atoms with Gasteiger partial charge in [0.05, 0.1) is 0 Å². The highest BCUT2D eigenvalue weighted by Gasteiger charge is 2.21. The minimum Gasteiger partial charge on any atom is -0.353 e. The molecule has 3 N–H and O–H groups in total. The third kappa shape index (κ3) is 3.31. The third-order valence-corrected chi connectivity index (χ3v) is 4.52. The molecule has 0 bridgehead atoms. The molecule has 0 aromatic carbocycles. The van der Waals surface area contributed by atoms with Crippen LogP contribution in [-0.4, -0.2) is 37.0 Å². The van der Waals surface area contributed by atoms with Crippen molar-refractivity contribution >= 4 is 17.2 Å². The zero-order chi connectivity index (χ0) is 13.0. The Morgan fingerprint density at radius 1 is 1.67 bits per heavy atom. The van der Waals surface area contributed by atoms with Crippen LogP contribution in [0.15, 0.2) is 17.5 Å². The van der Waals surface area contributed by atoms with Gasteiger partial charge in [0.1, 0.15) is 6.04 Å². The Morgan fingerprint density at radius 2 is 2.50 bits per heavy atom. The van der Waals surface area contributed by atoms with Crippen LogP contribution in [0, 0.1) is 0 Å². The molecule has 1 aromatic heterocycles. The van der Waals surface area contributed by atoms with Gasteiger partial charge in [0.15, 0.2) is 0 Å². The molecule has 1 saturated heterocycles. The molecule has 1 aliphatic heterocycles. The Balaban J connectivity index is 1.81. The smallest absolute Gasteiger partial charge is 0.242 e. The first kappa shape index (κ1) is 13.5. The summed E-state index contributed by atoms with van der Waals surface area (Å²) < 4.78 is 0. The summed E-state index contributed by atoms with van der Waals surface area (Å²) in [6.07, 6.45) is 3.67. The lowest BCUT2D eigenvalue weighted by Crippen LogP contribution is -2.46. The Bertz CT molecular complexity index is 380. The molecular weight excluding hydrogens is 246 g/mol. The molecule has 100 valence electrons. The van der Waals surface area contributed by atoms with E-state index in [0.717, 1.165) is 17.8 Å². The van der Waals surface area contributed by atoms with Crippen LogP contribution in [0.3, 0.4) is 0 Å². The standard InChI is InChI=1S/C13H21N3OS/c1-16-7-3-2-5-10(16)9-15-13(17)12(14)11-6-4-8-18-11/h4,6,8,10,12H,2-3,5,7,9,14H2,1H3,(H,15,17).